The van der Waals surface area contributed by atoms with E-state index >= 15 is 0 Å². The molecule has 164 valence electrons. The summed E-state index contributed by atoms with van der Waals surface area (Å²) in [4.78, 5) is 17.5. The Bertz CT molecular complexity index is 1200. The van der Waals surface area contributed by atoms with Crippen LogP contribution in [0.5, 0.6) is 11.5 Å². The minimum Gasteiger partial charge on any atom is -0.493 e. The van der Waals surface area contributed by atoms with Crippen molar-refractivity contribution in [3.63, 3.8) is 0 Å². The number of benzene rings is 1. The SMILES string of the molecule is COc1ccc(-c2csc(NC(=O)c3sccc3S(=O)(=O)N3CCCC3)n2)cc1OC. The lowest BCUT2D eigenvalue weighted by atomic mass is 10.1. The predicted octanol–water partition coefficient (Wildman–Crippen LogP) is 3.93. The van der Waals surface area contributed by atoms with Crippen molar-refractivity contribution in [2.75, 3.05) is 32.6 Å². The van der Waals surface area contributed by atoms with Crippen molar-refractivity contribution < 1.29 is 22.7 Å². The van der Waals surface area contributed by atoms with Crippen LogP contribution in [0.3, 0.4) is 0 Å². The van der Waals surface area contributed by atoms with Gasteiger partial charge in [-0.15, -0.1) is 22.7 Å². The van der Waals surface area contributed by atoms with E-state index in [4.69, 9.17) is 9.47 Å². The molecule has 1 aromatic carbocycles. The largest absolute Gasteiger partial charge is 0.493 e. The Morgan fingerprint density at radius 3 is 2.55 bits per heavy atom. The number of ether oxygens (including phenoxy) is 2. The molecule has 1 N–H and O–H groups in total. The van der Waals surface area contributed by atoms with Gasteiger partial charge in [-0.05, 0) is 42.5 Å². The van der Waals surface area contributed by atoms with Crippen LogP contribution >= 0.6 is 22.7 Å². The summed E-state index contributed by atoms with van der Waals surface area (Å²) >= 11 is 2.37. The number of sulfonamides is 1. The summed E-state index contributed by atoms with van der Waals surface area (Å²) in [6.07, 6.45) is 1.67. The number of methoxy groups -OCH3 is 2. The molecule has 0 aliphatic carbocycles. The number of hydrogen-bond donors (Lipinski definition) is 1. The van der Waals surface area contributed by atoms with E-state index in [1.807, 2.05) is 11.4 Å². The van der Waals surface area contributed by atoms with Crippen LogP contribution in [0.4, 0.5) is 5.13 Å². The van der Waals surface area contributed by atoms with Gasteiger partial charge in [0.25, 0.3) is 5.91 Å². The molecule has 1 saturated heterocycles. The van der Waals surface area contributed by atoms with E-state index in [-0.39, 0.29) is 9.77 Å². The Morgan fingerprint density at radius 2 is 1.84 bits per heavy atom. The normalized spacial score (nSPS) is 14.5. The number of thiazole rings is 1. The summed E-state index contributed by atoms with van der Waals surface area (Å²) in [7, 11) is -0.550. The minimum absolute atomic E-state index is 0.0496. The number of carbonyl (C=O) groups excluding carboxylic acids is 1. The molecule has 1 aliphatic heterocycles. The van der Waals surface area contributed by atoms with Gasteiger partial charge in [0.1, 0.15) is 9.77 Å². The van der Waals surface area contributed by atoms with Crippen LogP contribution < -0.4 is 14.8 Å². The lowest BCUT2D eigenvalue weighted by Crippen LogP contribution is -2.29. The highest BCUT2D eigenvalue weighted by Crippen LogP contribution is 2.34. The Balaban J connectivity index is 1.54. The second-order valence-electron chi connectivity index (χ2n) is 6.79. The maximum absolute atomic E-state index is 12.9. The average molecular weight is 480 g/mol. The first kappa shape index (κ1) is 21.8. The number of anilines is 1. The molecule has 0 radical (unpaired) electrons. The summed E-state index contributed by atoms with van der Waals surface area (Å²) in [6, 6.07) is 6.93. The van der Waals surface area contributed by atoms with Gasteiger partial charge in [-0.25, -0.2) is 13.4 Å². The number of carbonyl (C=O) groups is 1. The molecular weight excluding hydrogens is 458 g/mol. The molecule has 1 aliphatic rings. The fourth-order valence-corrected chi connectivity index (χ4v) is 6.87. The van der Waals surface area contributed by atoms with Gasteiger partial charge in [-0.1, -0.05) is 0 Å². The summed E-state index contributed by atoms with van der Waals surface area (Å²) in [6.45, 7) is 0.973. The number of hydrogen-bond acceptors (Lipinski definition) is 8. The molecule has 4 rings (SSSR count). The molecule has 3 heterocycles. The number of nitrogens with zero attached hydrogens (tertiary/aromatic N) is 2. The lowest BCUT2D eigenvalue weighted by Gasteiger charge is -2.15. The van der Waals surface area contributed by atoms with Crippen LogP contribution in [0.25, 0.3) is 11.3 Å². The molecule has 0 atom stereocenters. The lowest BCUT2D eigenvalue weighted by molar-refractivity contribution is 0.102. The molecule has 0 bridgehead atoms. The van der Waals surface area contributed by atoms with Gasteiger partial charge in [0.15, 0.2) is 16.6 Å². The maximum Gasteiger partial charge on any atom is 0.268 e. The summed E-state index contributed by atoms with van der Waals surface area (Å²) in [5.74, 6) is 0.703. The van der Waals surface area contributed by atoms with E-state index in [2.05, 4.69) is 10.3 Å². The van der Waals surface area contributed by atoms with Crippen LogP contribution in [-0.2, 0) is 10.0 Å². The third-order valence-corrected chi connectivity index (χ3v) is 8.66. The summed E-state index contributed by atoms with van der Waals surface area (Å²) < 4.78 is 37.8. The summed E-state index contributed by atoms with van der Waals surface area (Å²) in [5, 5.41) is 6.54. The van der Waals surface area contributed by atoms with Gasteiger partial charge in [0.05, 0.1) is 19.9 Å². The van der Waals surface area contributed by atoms with Gasteiger partial charge >= 0.3 is 0 Å². The zero-order chi connectivity index (χ0) is 22.0. The van der Waals surface area contributed by atoms with Gasteiger partial charge < -0.3 is 9.47 Å². The van der Waals surface area contributed by atoms with Gasteiger partial charge in [0, 0.05) is 24.0 Å². The first-order chi connectivity index (χ1) is 14.9. The molecular formula is C20H21N3O5S3. The Kier molecular flexibility index (Phi) is 6.28. The first-order valence-electron chi connectivity index (χ1n) is 9.51. The zero-order valence-electron chi connectivity index (χ0n) is 17.0. The quantitative estimate of drug-likeness (QED) is 0.552. The maximum atomic E-state index is 12.9. The smallest absolute Gasteiger partial charge is 0.268 e. The molecule has 8 nitrogen and oxygen atoms in total. The fraction of sp³-hybridized carbons (Fsp3) is 0.300. The highest BCUT2D eigenvalue weighted by Gasteiger charge is 2.32. The Morgan fingerprint density at radius 1 is 1.10 bits per heavy atom. The average Bonchev–Trinajstić information content (AvgIpc) is 3.54. The first-order valence-corrected chi connectivity index (χ1v) is 12.7. The van der Waals surface area contributed by atoms with E-state index < -0.39 is 15.9 Å². The van der Waals surface area contributed by atoms with Crippen molar-refractivity contribution in [3.05, 3.63) is 39.9 Å². The Labute approximate surface area is 188 Å². The van der Waals surface area contributed by atoms with Crippen molar-refractivity contribution >= 4 is 43.7 Å². The van der Waals surface area contributed by atoms with Crippen LogP contribution in [0.1, 0.15) is 22.5 Å². The molecule has 0 spiro atoms. The monoisotopic (exact) mass is 479 g/mol. The van der Waals surface area contributed by atoms with Gasteiger partial charge in [-0.3, -0.25) is 10.1 Å². The van der Waals surface area contributed by atoms with Crippen molar-refractivity contribution in [2.24, 2.45) is 0 Å². The molecule has 31 heavy (non-hydrogen) atoms. The third kappa shape index (κ3) is 4.31. The van der Waals surface area contributed by atoms with E-state index in [0.717, 1.165) is 29.7 Å². The van der Waals surface area contributed by atoms with Gasteiger partial charge in [0.2, 0.25) is 10.0 Å². The number of aromatic nitrogens is 1. The van der Waals surface area contributed by atoms with Crippen molar-refractivity contribution in [3.8, 4) is 22.8 Å². The van der Waals surface area contributed by atoms with Crippen molar-refractivity contribution in [1.29, 1.82) is 0 Å². The van der Waals surface area contributed by atoms with E-state index in [1.165, 1.54) is 21.7 Å². The zero-order valence-corrected chi connectivity index (χ0v) is 19.4. The Hall–Kier alpha value is -2.47. The number of thiophene rings is 1. The number of nitrogens with one attached hydrogen (secondary N) is 1. The van der Waals surface area contributed by atoms with E-state index in [1.54, 1.807) is 31.7 Å². The molecule has 1 fully saturated rings. The highest BCUT2D eigenvalue weighted by molar-refractivity contribution is 7.89. The third-order valence-electron chi connectivity index (χ3n) is 4.92. The fourth-order valence-electron chi connectivity index (χ4n) is 3.35. The van der Waals surface area contributed by atoms with Crippen LogP contribution in [0.15, 0.2) is 39.9 Å². The van der Waals surface area contributed by atoms with Crippen LogP contribution in [0.2, 0.25) is 0 Å². The van der Waals surface area contributed by atoms with Crippen LogP contribution in [0, 0.1) is 0 Å². The predicted molar refractivity (Wildman–Crippen MR) is 121 cm³/mol. The summed E-state index contributed by atoms with van der Waals surface area (Å²) in [5.41, 5.74) is 1.47. The molecule has 11 heteroatoms. The standard InChI is InChI=1S/C20H21N3O5S3/c1-27-15-6-5-13(11-16(15)28-2)14-12-30-20(21-14)22-19(24)18-17(7-10-29-18)31(25,26)23-8-3-4-9-23/h5-7,10-12H,3-4,8-9H2,1-2H3,(H,21,22,24). The second kappa shape index (κ2) is 8.95. The van der Waals surface area contributed by atoms with E-state index in [0.29, 0.717) is 35.4 Å². The molecule has 0 unspecified atom stereocenters. The number of amides is 1. The minimum atomic E-state index is -3.68. The highest BCUT2D eigenvalue weighted by atomic mass is 32.2. The molecule has 3 aromatic rings. The molecule has 2 aromatic heterocycles. The van der Waals surface area contributed by atoms with Crippen LogP contribution in [-0.4, -0.2) is 50.9 Å². The van der Waals surface area contributed by atoms with E-state index in [9.17, 15) is 13.2 Å². The van der Waals surface area contributed by atoms with Crippen molar-refractivity contribution in [2.45, 2.75) is 17.7 Å². The second-order valence-corrected chi connectivity index (χ2v) is 10.5. The number of rotatable bonds is 7. The molecule has 1 amide bonds. The van der Waals surface area contributed by atoms with Crippen molar-refractivity contribution in [1.82, 2.24) is 9.29 Å². The topological polar surface area (TPSA) is 97.8 Å². The molecule has 0 saturated carbocycles. The van der Waals surface area contributed by atoms with Gasteiger partial charge in [-0.2, -0.15) is 4.31 Å².